The van der Waals surface area contributed by atoms with Crippen molar-refractivity contribution in [3.8, 4) is 0 Å². The zero-order chi connectivity index (χ0) is 13.7. The van der Waals surface area contributed by atoms with Gasteiger partial charge in [-0.15, -0.1) is 0 Å². The molecular weight excluding hydrogens is 240 g/mol. The normalized spacial score (nSPS) is 24.3. The van der Waals surface area contributed by atoms with E-state index in [1.165, 1.54) is 5.56 Å². The van der Waals surface area contributed by atoms with Gasteiger partial charge in [-0.25, -0.2) is 0 Å². The molecule has 2 atom stereocenters. The molecule has 0 bridgehead atoms. The molecule has 1 aliphatic heterocycles. The van der Waals surface area contributed by atoms with Crippen molar-refractivity contribution in [1.29, 1.82) is 0 Å². The van der Waals surface area contributed by atoms with E-state index >= 15 is 0 Å². The zero-order valence-corrected chi connectivity index (χ0v) is 11.5. The molecule has 1 fully saturated rings. The molecule has 0 saturated carbocycles. The summed E-state index contributed by atoms with van der Waals surface area (Å²) in [5.41, 5.74) is 1.28. The van der Waals surface area contributed by atoms with Crippen LogP contribution in [0.4, 0.5) is 0 Å². The molecule has 2 rings (SSSR count). The van der Waals surface area contributed by atoms with Gasteiger partial charge in [-0.1, -0.05) is 13.3 Å². The van der Waals surface area contributed by atoms with Gasteiger partial charge in [0.2, 0.25) is 0 Å². The Hall–Kier alpha value is -1.42. The summed E-state index contributed by atoms with van der Waals surface area (Å²) in [6.45, 7) is 5.11. The van der Waals surface area contributed by atoms with E-state index in [2.05, 4.69) is 16.8 Å². The maximum atomic E-state index is 10.9. The highest BCUT2D eigenvalue weighted by Gasteiger charge is 2.29. The van der Waals surface area contributed by atoms with Crippen LogP contribution >= 0.6 is 0 Å². The highest BCUT2D eigenvalue weighted by Crippen LogP contribution is 2.29. The molecule has 4 nitrogen and oxygen atoms in total. The van der Waals surface area contributed by atoms with Gasteiger partial charge in [0.1, 0.15) is 0 Å². The standard InChI is InChI=1S/C15H22N2O2/c1-2-13-11-17(8-5-14(13)9-15(18)19)10-12-3-6-16-7-4-12/h3-4,6-7,13-14H,2,5,8-11H2,1H3,(H,18,19). The Morgan fingerprint density at radius 2 is 2.16 bits per heavy atom. The van der Waals surface area contributed by atoms with Gasteiger partial charge in [0.25, 0.3) is 0 Å². The summed E-state index contributed by atoms with van der Waals surface area (Å²) < 4.78 is 0. The molecule has 0 aliphatic carbocycles. The first-order valence-corrected chi connectivity index (χ1v) is 7.02. The summed E-state index contributed by atoms with van der Waals surface area (Å²) in [5.74, 6) is 0.189. The number of pyridine rings is 1. The van der Waals surface area contributed by atoms with Gasteiger partial charge in [0.05, 0.1) is 0 Å². The largest absolute Gasteiger partial charge is 0.481 e. The lowest BCUT2D eigenvalue weighted by Crippen LogP contribution is -2.40. The van der Waals surface area contributed by atoms with Gasteiger partial charge in [-0.05, 0) is 42.5 Å². The summed E-state index contributed by atoms with van der Waals surface area (Å²) in [6.07, 6.45) is 6.02. The number of carboxylic acids is 1. The van der Waals surface area contributed by atoms with Gasteiger partial charge in [0.15, 0.2) is 0 Å². The highest BCUT2D eigenvalue weighted by molar-refractivity contribution is 5.67. The van der Waals surface area contributed by atoms with Gasteiger partial charge in [-0.3, -0.25) is 14.7 Å². The molecule has 0 aromatic carbocycles. The minimum absolute atomic E-state index is 0.321. The summed E-state index contributed by atoms with van der Waals surface area (Å²) >= 11 is 0. The number of piperidine rings is 1. The average molecular weight is 262 g/mol. The number of carboxylic acid groups (broad SMARTS) is 1. The van der Waals surface area contributed by atoms with Crippen molar-refractivity contribution in [2.24, 2.45) is 11.8 Å². The molecule has 1 N–H and O–H groups in total. The summed E-state index contributed by atoms with van der Waals surface area (Å²) in [5, 5.41) is 8.96. The van der Waals surface area contributed by atoms with Crippen LogP contribution in [0, 0.1) is 11.8 Å². The van der Waals surface area contributed by atoms with Crippen molar-refractivity contribution in [2.75, 3.05) is 13.1 Å². The van der Waals surface area contributed by atoms with Crippen molar-refractivity contribution < 1.29 is 9.90 Å². The van der Waals surface area contributed by atoms with Crippen LogP contribution in [0.25, 0.3) is 0 Å². The van der Waals surface area contributed by atoms with E-state index in [4.69, 9.17) is 5.11 Å². The lowest BCUT2D eigenvalue weighted by Gasteiger charge is -2.37. The van der Waals surface area contributed by atoms with E-state index in [-0.39, 0.29) is 0 Å². The number of hydrogen-bond donors (Lipinski definition) is 1. The number of aromatic nitrogens is 1. The summed E-state index contributed by atoms with van der Waals surface area (Å²) in [7, 11) is 0. The molecule has 1 aliphatic rings. The van der Waals surface area contributed by atoms with E-state index in [1.54, 1.807) is 0 Å². The Labute approximate surface area is 114 Å². The van der Waals surface area contributed by atoms with Crippen molar-refractivity contribution in [2.45, 2.75) is 32.7 Å². The monoisotopic (exact) mass is 262 g/mol. The molecular formula is C15H22N2O2. The fraction of sp³-hybridized carbons (Fsp3) is 0.600. The minimum atomic E-state index is -0.661. The Morgan fingerprint density at radius 3 is 2.79 bits per heavy atom. The van der Waals surface area contributed by atoms with Crippen molar-refractivity contribution in [3.05, 3.63) is 30.1 Å². The Morgan fingerprint density at radius 1 is 1.42 bits per heavy atom. The fourth-order valence-corrected chi connectivity index (χ4v) is 3.00. The molecule has 2 unspecified atom stereocenters. The van der Waals surface area contributed by atoms with Crippen molar-refractivity contribution in [3.63, 3.8) is 0 Å². The SMILES string of the molecule is CCC1CN(Cc2ccncc2)CCC1CC(=O)O. The average Bonchev–Trinajstić information content (AvgIpc) is 2.41. The maximum absolute atomic E-state index is 10.9. The van der Waals surface area contributed by atoms with Gasteiger partial charge in [0, 0.05) is 31.9 Å². The second kappa shape index (κ2) is 6.66. The molecule has 0 amide bonds. The molecule has 19 heavy (non-hydrogen) atoms. The van der Waals surface area contributed by atoms with Crippen LogP contribution in [0.1, 0.15) is 31.7 Å². The minimum Gasteiger partial charge on any atom is -0.481 e. The van der Waals surface area contributed by atoms with E-state index in [9.17, 15) is 4.79 Å². The van der Waals surface area contributed by atoms with E-state index in [0.29, 0.717) is 18.3 Å². The highest BCUT2D eigenvalue weighted by atomic mass is 16.4. The first-order chi connectivity index (χ1) is 9.19. The summed E-state index contributed by atoms with van der Waals surface area (Å²) in [4.78, 5) is 17.3. The predicted octanol–water partition coefficient (Wildman–Crippen LogP) is 2.40. The van der Waals surface area contributed by atoms with Gasteiger partial charge >= 0.3 is 5.97 Å². The zero-order valence-electron chi connectivity index (χ0n) is 11.5. The Balaban J connectivity index is 1.91. The molecule has 104 valence electrons. The summed E-state index contributed by atoms with van der Waals surface area (Å²) in [6, 6.07) is 4.09. The molecule has 0 radical (unpaired) electrons. The molecule has 1 saturated heterocycles. The Kier molecular flexibility index (Phi) is 4.91. The number of aliphatic carboxylic acids is 1. The molecule has 1 aromatic heterocycles. The number of likely N-dealkylation sites (tertiary alicyclic amines) is 1. The lowest BCUT2D eigenvalue weighted by molar-refractivity contribution is -0.139. The van der Waals surface area contributed by atoms with Crippen LogP contribution in [0.5, 0.6) is 0 Å². The third-order valence-electron chi connectivity index (χ3n) is 4.09. The second-order valence-corrected chi connectivity index (χ2v) is 5.41. The van der Waals surface area contributed by atoms with Crippen LogP contribution < -0.4 is 0 Å². The maximum Gasteiger partial charge on any atom is 0.303 e. The fourth-order valence-electron chi connectivity index (χ4n) is 3.00. The quantitative estimate of drug-likeness (QED) is 0.885. The van der Waals surface area contributed by atoms with E-state index < -0.39 is 5.97 Å². The first-order valence-electron chi connectivity index (χ1n) is 7.02. The van der Waals surface area contributed by atoms with Crippen LogP contribution in [0.3, 0.4) is 0 Å². The molecule has 4 heteroatoms. The number of rotatable bonds is 5. The number of carbonyl (C=O) groups is 1. The van der Waals surface area contributed by atoms with Crippen molar-refractivity contribution in [1.82, 2.24) is 9.88 Å². The Bertz CT molecular complexity index is 408. The number of nitrogens with zero attached hydrogens (tertiary/aromatic N) is 2. The van der Waals surface area contributed by atoms with E-state index in [0.717, 1.165) is 32.5 Å². The topological polar surface area (TPSA) is 53.4 Å². The smallest absolute Gasteiger partial charge is 0.303 e. The van der Waals surface area contributed by atoms with Crippen LogP contribution in [-0.2, 0) is 11.3 Å². The van der Waals surface area contributed by atoms with E-state index in [1.807, 2.05) is 24.5 Å². The van der Waals surface area contributed by atoms with Crippen molar-refractivity contribution >= 4 is 5.97 Å². The molecule has 1 aromatic rings. The third kappa shape index (κ3) is 4.03. The second-order valence-electron chi connectivity index (χ2n) is 5.41. The molecule has 0 spiro atoms. The van der Waals surface area contributed by atoms with Crippen LogP contribution in [0.15, 0.2) is 24.5 Å². The third-order valence-corrected chi connectivity index (χ3v) is 4.09. The number of hydrogen-bond acceptors (Lipinski definition) is 3. The van der Waals surface area contributed by atoms with Gasteiger partial charge in [-0.2, -0.15) is 0 Å². The predicted molar refractivity (Wildman–Crippen MR) is 73.7 cm³/mol. The molecule has 2 heterocycles. The van der Waals surface area contributed by atoms with Crippen LogP contribution in [-0.4, -0.2) is 34.0 Å². The van der Waals surface area contributed by atoms with Gasteiger partial charge < -0.3 is 5.11 Å². The first kappa shape index (κ1) is 14.0. The van der Waals surface area contributed by atoms with Crippen LogP contribution in [0.2, 0.25) is 0 Å². The lowest BCUT2D eigenvalue weighted by atomic mass is 9.81.